The minimum Gasteiger partial charge on any atom is -0.423 e. The van der Waals surface area contributed by atoms with E-state index in [1.807, 2.05) is 153 Å². The molecule has 5 heterocycles. The van der Waals surface area contributed by atoms with Crippen molar-refractivity contribution in [1.82, 2.24) is 25.0 Å². The Bertz CT molecular complexity index is 3280. The summed E-state index contributed by atoms with van der Waals surface area (Å²) in [5.41, 5.74) is 11.7. The molecule has 0 saturated heterocycles. The Labute approximate surface area is 463 Å². The zero-order valence-electron chi connectivity index (χ0n) is 42.8. The van der Waals surface area contributed by atoms with Crippen LogP contribution in [0.15, 0.2) is 164 Å². The molecule has 0 spiro atoms. The van der Waals surface area contributed by atoms with Crippen LogP contribution in [0, 0.1) is 27.7 Å². The summed E-state index contributed by atoms with van der Waals surface area (Å²) >= 11 is 9.12. The third-order valence-electron chi connectivity index (χ3n) is 14.2. The number of hydrogen-bond acceptors (Lipinski definition) is 9. The second-order valence-electron chi connectivity index (χ2n) is 18.3. The minimum absolute atomic E-state index is 0.0196. The van der Waals surface area contributed by atoms with Crippen molar-refractivity contribution in [3.63, 3.8) is 0 Å². The zero-order chi connectivity index (χ0) is 53.8. The molecule has 3 amide bonds. The van der Waals surface area contributed by atoms with Crippen molar-refractivity contribution in [2.45, 2.75) is 58.7 Å². The van der Waals surface area contributed by atoms with Crippen LogP contribution in [-0.2, 0) is 11.1 Å². The Kier molecular flexibility index (Phi) is 17.4. The second kappa shape index (κ2) is 23.2. The molecule has 6 aromatic carbocycles. The Balaban J connectivity index is 0.000000148. The van der Waals surface area contributed by atoms with Gasteiger partial charge in [-0.25, -0.2) is 0 Å². The number of carbonyl (C=O) groups is 3. The molecule has 0 radical (unpaired) electrons. The standard InChI is InChI=1S/C21H20N2O2.C16H14BrNO.C15H12BrNO.C5H8BNO3.CH3I/c1-13-19(14(2)25-22-13)15-10-11-17-18(12-15)21(3,23(4)20(17)24)16-8-6-5-7-9-16;1-16(11-6-4-3-5-7-11)14-10-12(17)8-9-13(14)15(19)18(16)2;1-17-14(10-5-3-2-4-6-10)13-9-11(16)7-8-12(13)15(17)18;1-3-5(6(8)9)4(2)10-7-3;1-2/h5-12H,1-4H3;3-10H,1-2H3;2-9,14H,1H3;8-9H,1-2H3;1H3. The lowest BCUT2D eigenvalue weighted by Gasteiger charge is -2.34. The van der Waals surface area contributed by atoms with Gasteiger partial charge in [-0.2, -0.15) is 0 Å². The van der Waals surface area contributed by atoms with Crippen LogP contribution in [0.5, 0.6) is 0 Å². The van der Waals surface area contributed by atoms with Gasteiger partial charge in [0.15, 0.2) is 0 Å². The van der Waals surface area contributed by atoms with E-state index in [9.17, 15) is 14.4 Å². The van der Waals surface area contributed by atoms with E-state index in [-0.39, 0.29) is 23.8 Å². The maximum atomic E-state index is 12.8. The molecule has 74 heavy (non-hydrogen) atoms. The van der Waals surface area contributed by atoms with E-state index >= 15 is 0 Å². The lowest BCUT2D eigenvalue weighted by Crippen LogP contribution is -2.39. The quantitative estimate of drug-likeness (QED) is 0.0974. The summed E-state index contributed by atoms with van der Waals surface area (Å²) in [5.74, 6) is 1.45. The van der Waals surface area contributed by atoms with Crippen LogP contribution in [-0.4, -0.2) is 86.0 Å². The molecule has 2 N–H and O–H groups in total. The maximum Gasteiger partial charge on any atom is 0.494 e. The Morgan fingerprint density at radius 1 is 0.568 bits per heavy atom. The first-order valence-corrected chi connectivity index (χ1v) is 27.4. The largest absolute Gasteiger partial charge is 0.494 e. The van der Waals surface area contributed by atoms with Gasteiger partial charge < -0.3 is 33.8 Å². The fourth-order valence-electron chi connectivity index (χ4n) is 10.0. The van der Waals surface area contributed by atoms with Crippen molar-refractivity contribution in [1.29, 1.82) is 0 Å². The van der Waals surface area contributed by atoms with Gasteiger partial charge >= 0.3 is 7.12 Å². The molecular weight excluding hydrogens is 1180 g/mol. The number of amides is 3. The Morgan fingerprint density at radius 3 is 1.47 bits per heavy atom. The number of halogens is 3. The van der Waals surface area contributed by atoms with Crippen molar-refractivity contribution in [3.8, 4) is 11.1 Å². The van der Waals surface area contributed by atoms with Gasteiger partial charge in [0.05, 0.1) is 28.5 Å². The molecule has 3 atom stereocenters. The van der Waals surface area contributed by atoms with Crippen molar-refractivity contribution in [2.75, 3.05) is 26.1 Å². The molecule has 3 aliphatic heterocycles. The van der Waals surface area contributed by atoms with Crippen LogP contribution in [0.1, 0.15) is 107 Å². The number of hydrogen-bond donors (Lipinski definition) is 2. The third-order valence-corrected chi connectivity index (χ3v) is 15.2. The molecule has 12 nitrogen and oxygen atoms in total. The van der Waals surface area contributed by atoms with E-state index < -0.39 is 18.2 Å². The molecule has 3 aliphatic rings. The number of carbonyl (C=O) groups excluding carboxylic acids is 3. The normalized spacial score (nSPS) is 17.9. The number of aromatic nitrogens is 2. The maximum absolute atomic E-state index is 12.8. The molecule has 0 saturated carbocycles. The van der Waals surface area contributed by atoms with Crippen molar-refractivity contribution < 1.29 is 33.5 Å². The first-order valence-electron chi connectivity index (χ1n) is 23.6. The first-order chi connectivity index (χ1) is 35.3. The van der Waals surface area contributed by atoms with E-state index in [1.54, 1.807) is 18.7 Å². The van der Waals surface area contributed by atoms with E-state index in [0.29, 0.717) is 16.9 Å². The Morgan fingerprint density at radius 2 is 1.01 bits per heavy atom. The SMILES string of the molecule is CI.CN1C(=O)c2ccc(Br)cc2C1(C)c1ccccc1.CN1C(=O)c2ccc(Br)cc2C1c1ccccc1.Cc1noc(C)c1-c1ccc2c(c1)C(C)(c1ccccc1)N(C)C2=O.Cc1noc(C)c1B(O)O. The zero-order valence-corrected chi connectivity index (χ0v) is 48.1. The number of alkyl halides is 1. The summed E-state index contributed by atoms with van der Waals surface area (Å²) in [4.78, 5) is 44.8. The molecule has 3 unspecified atom stereocenters. The highest BCUT2D eigenvalue weighted by molar-refractivity contribution is 14.1. The van der Waals surface area contributed by atoms with Crippen molar-refractivity contribution in [3.05, 3.63) is 228 Å². The predicted octanol–water partition coefficient (Wildman–Crippen LogP) is 11.8. The summed E-state index contributed by atoms with van der Waals surface area (Å²) in [6.45, 7) is 11.3. The van der Waals surface area contributed by atoms with Gasteiger partial charge in [-0.15, -0.1) is 0 Å². The average molecular weight is 1230 g/mol. The molecule has 0 bridgehead atoms. The van der Waals surface area contributed by atoms with Crippen LogP contribution in [0.4, 0.5) is 0 Å². The number of rotatable bonds is 5. The number of nitrogens with zero attached hydrogens (tertiary/aromatic N) is 5. The number of fused-ring (bicyclic) bond motifs is 3. The van der Waals surface area contributed by atoms with Crippen LogP contribution in [0.25, 0.3) is 11.1 Å². The van der Waals surface area contributed by atoms with E-state index in [1.165, 1.54) is 0 Å². The highest BCUT2D eigenvalue weighted by atomic mass is 127. The molecule has 2 aromatic heterocycles. The summed E-state index contributed by atoms with van der Waals surface area (Å²) < 4.78 is 12.0. The molecule has 380 valence electrons. The van der Waals surface area contributed by atoms with Gasteiger partial charge in [0.1, 0.15) is 11.5 Å². The highest BCUT2D eigenvalue weighted by Gasteiger charge is 2.47. The van der Waals surface area contributed by atoms with Crippen molar-refractivity contribution >= 4 is 84.8 Å². The minimum atomic E-state index is -1.48. The summed E-state index contributed by atoms with van der Waals surface area (Å²) in [6, 6.07) is 48.1. The average Bonchev–Trinajstić information content (AvgIpc) is 4.12. The smallest absolute Gasteiger partial charge is 0.423 e. The fourth-order valence-corrected chi connectivity index (χ4v) is 10.7. The molecule has 0 aliphatic carbocycles. The summed E-state index contributed by atoms with van der Waals surface area (Å²) in [7, 11) is 4.11. The fraction of sp³-hybridized carbons (Fsp3) is 0.224. The Hall–Kier alpha value is -6.18. The number of aryl methyl sites for hydroxylation is 4. The second-order valence-corrected chi connectivity index (χ2v) is 20.2. The molecule has 0 fully saturated rings. The first kappa shape index (κ1) is 55.6. The molecule has 11 rings (SSSR count). The van der Waals surface area contributed by atoms with E-state index in [4.69, 9.17) is 14.6 Å². The lowest BCUT2D eigenvalue weighted by atomic mass is 9.79. The molecule has 16 heteroatoms. The third kappa shape index (κ3) is 10.4. The van der Waals surface area contributed by atoms with E-state index in [0.717, 1.165) is 81.6 Å². The molecule has 8 aromatic rings. The predicted molar refractivity (Wildman–Crippen MR) is 306 cm³/mol. The summed E-state index contributed by atoms with van der Waals surface area (Å²) in [6.07, 6.45) is 0. The van der Waals surface area contributed by atoms with Crippen molar-refractivity contribution in [2.24, 2.45) is 0 Å². The van der Waals surface area contributed by atoms with Gasteiger partial charge in [-0.3, -0.25) is 14.4 Å². The monoisotopic (exact) mass is 1230 g/mol. The van der Waals surface area contributed by atoms with Gasteiger partial charge in [0, 0.05) is 57.8 Å². The summed E-state index contributed by atoms with van der Waals surface area (Å²) in [5, 5.41) is 25.1. The van der Waals surface area contributed by atoms with Gasteiger partial charge in [-0.05, 0) is 134 Å². The van der Waals surface area contributed by atoms with Crippen LogP contribution in [0.2, 0.25) is 0 Å². The van der Waals surface area contributed by atoms with Crippen LogP contribution in [0.3, 0.4) is 0 Å². The lowest BCUT2D eigenvalue weighted by molar-refractivity contribution is 0.0708. The van der Waals surface area contributed by atoms with Crippen LogP contribution < -0.4 is 5.46 Å². The van der Waals surface area contributed by atoms with Gasteiger partial charge in [0.2, 0.25) is 0 Å². The van der Waals surface area contributed by atoms with Gasteiger partial charge in [-0.1, -0.05) is 162 Å². The topological polar surface area (TPSA) is 153 Å². The van der Waals surface area contributed by atoms with Gasteiger partial charge in [0.25, 0.3) is 17.7 Å². The van der Waals surface area contributed by atoms with E-state index in [2.05, 4.69) is 126 Å². The molecular formula is C58H57BBr2IN5O7. The van der Waals surface area contributed by atoms with Crippen LogP contribution >= 0.6 is 54.5 Å². The number of benzene rings is 6. The highest BCUT2D eigenvalue weighted by Crippen LogP contribution is 2.46.